The third-order valence-electron chi connectivity index (χ3n) is 5.52. The van der Waals surface area contributed by atoms with Gasteiger partial charge in [0, 0.05) is 23.1 Å². The Morgan fingerprint density at radius 2 is 2.12 bits per heavy atom. The van der Waals surface area contributed by atoms with Crippen LogP contribution in [0.5, 0.6) is 5.75 Å². The Morgan fingerprint density at radius 3 is 2.94 bits per heavy atom. The van der Waals surface area contributed by atoms with Gasteiger partial charge >= 0.3 is 0 Å². The minimum Gasteiger partial charge on any atom is -0.491 e. The first-order valence-electron chi connectivity index (χ1n) is 11.3. The van der Waals surface area contributed by atoms with Gasteiger partial charge in [-0.05, 0) is 63.1 Å². The van der Waals surface area contributed by atoms with Crippen molar-refractivity contribution in [2.24, 2.45) is 5.92 Å². The van der Waals surface area contributed by atoms with Crippen LogP contribution >= 0.6 is 15.9 Å². The maximum atomic E-state index is 12.8. The first-order chi connectivity index (χ1) is 16.0. The van der Waals surface area contributed by atoms with Gasteiger partial charge in [0.05, 0.1) is 18.6 Å². The van der Waals surface area contributed by atoms with Crippen molar-refractivity contribution in [1.82, 2.24) is 20.4 Å². The normalized spacial score (nSPS) is 16.7. The Hall–Kier alpha value is -2.71. The molecule has 1 N–H and O–H groups in total. The fourth-order valence-corrected chi connectivity index (χ4v) is 4.40. The highest BCUT2D eigenvalue weighted by atomic mass is 79.9. The van der Waals surface area contributed by atoms with Crippen LogP contribution in [0.3, 0.4) is 0 Å². The van der Waals surface area contributed by atoms with Crippen LogP contribution in [0.1, 0.15) is 38.1 Å². The largest absolute Gasteiger partial charge is 0.491 e. The number of rotatable bonds is 8. The summed E-state index contributed by atoms with van der Waals surface area (Å²) in [5, 5.41) is 7.20. The highest BCUT2D eigenvalue weighted by Gasteiger charge is 2.27. The van der Waals surface area contributed by atoms with E-state index in [9.17, 15) is 4.79 Å². The molecule has 0 radical (unpaired) electrons. The van der Waals surface area contributed by atoms with Gasteiger partial charge < -0.3 is 14.6 Å². The zero-order chi connectivity index (χ0) is 23.2. The Balaban J connectivity index is 1.30. The molecule has 7 nitrogen and oxygen atoms in total. The number of nitrogens with zero attached hydrogens (tertiary/aromatic N) is 3. The van der Waals surface area contributed by atoms with Crippen molar-refractivity contribution in [2.75, 3.05) is 13.1 Å². The Morgan fingerprint density at radius 1 is 1.27 bits per heavy atom. The Labute approximate surface area is 202 Å². The van der Waals surface area contributed by atoms with E-state index in [1.807, 2.05) is 62.4 Å². The molecule has 0 saturated carbocycles. The molecule has 1 aliphatic heterocycles. The third kappa shape index (κ3) is 6.65. The smallest absolute Gasteiger partial charge is 0.241 e. The summed E-state index contributed by atoms with van der Waals surface area (Å²) >= 11 is 3.47. The molecule has 4 rings (SSSR count). The number of aromatic nitrogens is 2. The molecule has 2 heterocycles. The highest BCUT2D eigenvalue weighted by molar-refractivity contribution is 9.10. The van der Waals surface area contributed by atoms with E-state index in [2.05, 4.69) is 36.3 Å². The van der Waals surface area contributed by atoms with Gasteiger partial charge in [0.2, 0.25) is 17.6 Å². The molecule has 0 aliphatic carbocycles. The van der Waals surface area contributed by atoms with E-state index < -0.39 is 0 Å². The molecule has 1 amide bonds. The van der Waals surface area contributed by atoms with Gasteiger partial charge in [-0.3, -0.25) is 9.69 Å². The standard InChI is InChI=1S/C25H29BrN4O3/c1-17(2)32-22-10-3-6-18(12-22)14-27-25(31)20-8-5-11-30(15-20)16-23-28-24(29-33-23)19-7-4-9-21(26)13-19/h3-4,6-7,9-10,12-13,17,20H,5,8,11,14-16H2,1-2H3,(H,27,31). The lowest BCUT2D eigenvalue weighted by molar-refractivity contribution is -0.127. The molecule has 1 aliphatic rings. The van der Waals surface area contributed by atoms with Crippen molar-refractivity contribution >= 4 is 21.8 Å². The second-order valence-corrected chi connectivity index (χ2v) is 9.54. The number of likely N-dealkylation sites (tertiary alicyclic amines) is 1. The topological polar surface area (TPSA) is 80.5 Å². The summed E-state index contributed by atoms with van der Waals surface area (Å²) in [6.45, 7) is 6.62. The number of ether oxygens (including phenoxy) is 1. The van der Waals surface area contributed by atoms with Crippen LogP contribution in [0, 0.1) is 5.92 Å². The van der Waals surface area contributed by atoms with Gasteiger partial charge in [0.1, 0.15) is 5.75 Å². The second kappa shape index (κ2) is 10.9. The lowest BCUT2D eigenvalue weighted by atomic mass is 9.97. The van der Waals surface area contributed by atoms with Crippen molar-refractivity contribution in [3.8, 4) is 17.1 Å². The van der Waals surface area contributed by atoms with Crippen molar-refractivity contribution in [3.05, 3.63) is 64.5 Å². The first-order valence-corrected chi connectivity index (χ1v) is 12.1. The summed E-state index contributed by atoms with van der Waals surface area (Å²) in [6, 6.07) is 15.7. The molecule has 1 unspecified atom stereocenters. The van der Waals surface area contributed by atoms with E-state index in [0.29, 0.717) is 31.3 Å². The van der Waals surface area contributed by atoms with Gasteiger partial charge in [0.25, 0.3) is 0 Å². The van der Waals surface area contributed by atoms with Crippen molar-refractivity contribution in [2.45, 2.75) is 45.9 Å². The predicted molar refractivity (Wildman–Crippen MR) is 129 cm³/mol. The maximum absolute atomic E-state index is 12.8. The highest BCUT2D eigenvalue weighted by Crippen LogP contribution is 2.23. The van der Waals surface area contributed by atoms with E-state index >= 15 is 0 Å². The third-order valence-corrected chi connectivity index (χ3v) is 6.02. The molecule has 1 saturated heterocycles. The Bertz CT molecular complexity index is 1080. The van der Waals surface area contributed by atoms with Crippen LogP contribution in [0.15, 0.2) is 57.5 Å². The summed E-state index contributed by atoms with van der Waals surface area (Å²) in [5.74, 6) is 1.98. The molecule has 33 heavy (non-hydrogen) atoms. The molecular formula is C25H29BrN4O3. The lowest BCUT2D eigenvalue weighted by Gasteiger charge is -2.30. The summed E-state index contributed by atoms with van der Waals surface area (Å²) < 4.78 is 12.2. The molecule has 1 fully saturated rings. The summed E-state index contributed by atoms with van der Waals surface area (Å²) in [4.78, 5) is 19.6. The number of carbonyl (C=O) groups excluding carboxylic acids is 1. The van der Waals surface area contributed by atoms with Crippen molar-refractivity contribution in [1.29, 1.82) is 0 Å². The molecule has 8 heteroatoms. The number of piperidine rings is 1. The molecule has 0 bridgehead atoms. The fourth-order valence-electron chi connectivity index (χ4n) is 4.00. The van der Waals surface area contributed by atoms with E-state index in [-0.39, 0.29) is 17.9 Å². The summed E-state index contributed by atoms with van der Waals surface area (Å²) in [6.07, 6.45) is 1.96. The average Bonchev–Trinajstić information content (AvgIpc) is 3.26. The molecular weight excluding hydrogens is 484 g/mol. The van der Waals surface area contributed by atoms with Crippen LogP contribution in [0.25, 0.3) is 11.4 Å². The Kier molecular flexibility index (Phi) is 7.77. The van der Waals surface area contributed by atoms with Crippen LogP contribution in [0.4, 0.5) is 0 Å². The van der Waals surface area contributed by atoms with Gasteiger partial charge in [-0.25, -0.2) is 0 Å². The number of amides is 1. The molecule has 2 aromatic carbocycles. The van der Waals surface area contributed by atoms with E-state index in [0.717, 1.165) is 40.7 Å². The zero-order valence-electron chi connectivity index (χ0n) is 19.0. The fraction of sp³-hybridized carbons (Fsp3) is 0.400. The van der Waals surface area contributed by atoms with Gasteiger partial charge in [-0.1, -0.05) is 45.4 Å². The number of halogens is 1. The van der Waals surface area contributed by atoms with E-state index in [1.165, 1.54) is 0 Å². The number of benzene rings is 2. The average molecular weight is 513 g/mol. The zero-order valence-corrected chi connectivity index (χ0v) is 20.5. The monoisotopic (exact) mass is 512 g/mol. The predicted octanol–water partition coefficient (Wildman–Crippen LogP) is 4.81. The maximum Gasteiger partial charge on any atom is 0.241 e. The van der Waals surface area contributed by atoms with Gasteiger partial charge in [-0.15, -0.1) is 0 Å². The second-order valence-electron chi connectivity index (χ2n) is 8.63. The molecule has 1 aromatic heterocycles. The van der Waals surface area contributed by atoms with E-state index in [4.69, 9.17) is 9.26 Å². The molecule has 174 valence electrons. The van der Waals surface area contributed by atoms with Crippen LogP contribution in [-0.2, 0) is 17.9 Å². The van der Waals surface area contributed by atoms with E-state index in [1.54, 1.807) is 0 Å². The van der Waals surface area contributed by atoms with Crippen LogP contribution in [-0.4, -0.2) is 40.1 Å². The SMILES string of the molecule is CC(C)Oc1cccc(CNC(=O)C2CCCN(Cc3nc(-c4cccc(Br)c4)no3)C2)c1. The van der Waals surface area contributed by atoms with Crippen molar-refractivity contribution in [3.63, 3.8) is 0 Å². The van der Waals surface area contributed by atoms with Crippen LogP contribution in [0.2, 0.25) is 0 Å². The first kappa shape index (κ1) is 23.4. The lowest BCUT2D eigenvalue weighted by Crippen LogP contribution is -2.42. The number of nitrogens with one attached hydrogen (secondary N) is 1. The number of carbonyl (C=O) groups is 1. The van der Waals surface area contributed by atoms with Gasteiger partial charge in [-0.2, -0.15) is 4.98 Å². The number of hydrogen-bond acceptors (Lipinski definition) is 6. The molecule has 0 spiro atoms. The van der Waals surface area contributed by atoms with Crippen LogP contribution < -0.4 is 10.1 Å². The molecule has 3 aromatic rings. The number of hydrogen-bond donors (Lipinski definition) is 1. The van der Waals surface area contributed by atoms with Gasteiger partial charge in [0.15, 0.2) is 0 Å². The minimum atomic E-state index is -0.0543. The summed E-state index contributed by atoms with van der Waals surface area (Å²) in [5.41, 5.74) is 1.93. The minimum absolute atomic E-state index is 0.0543. The quantitative estimate of drug-likeness (QED) is 0.466. The van der Waals surface area contributed by atoms with Crippen molar-refractivity contribution < 1.29 is 14.1 Å². The summed E-state index contributed by atoms with van der Waals surface area (Å²) in [7, 11) is 0. The molecule has 1 atom stereocenters.